The zero-order chi connectivity index (χ0) is 17.1. The van der Waals surface area contributed by atoms with Gasteiger partial charge in [0.15, 0.2) is 0 Å². The van der Waals surface area contributed by atoms with Crippen molar-refractivity contribution < 1.29 is 4.79 Å². The van der Waals surface area contributed by atoms with Crippen LogP contribution in [0.5, 0.6) is 0 Å². The number of aryl methyl sites for hydroxylation is 1. The van der Waals surface area contributed by atoms with Crippen molar-refractivity contribution in [3.63, 3.8) is 0 Å². The highest BCUT2D eigenvalue weighted by Gasteiger charge is 2.17. The highest BCUT2D eigenvalue weighted by molar-refractivity contribution is 5.80. The predicted molar refractivity (Wildman–Crippen MR) is 96.5 cm³/mol. The molecule has 0 aliphatic rings. The number of anilines is 1. The fourth-order valence-corrected chi connectivity index (χ4v) is 2.93. The first-order chi connectivity index (χ1) is 11.6. The second-order valence-electron chi connectivity index (χ2n) is 5.91. The van der Waals surface area contributed by atoms with Crippen LogP contribution in [-0.4, -0.2) is 15.5 Å². The summed E-state index contributed by atoms with van der Waals surface area (Å²) in [6, 6.07) is 15.2. The molecule has 0 radical (unpaired) electrons. The Bertz CT molecular complexity index is 851. The number of nitrogens with zero attached hydrogens (tertiary/aromatic N) is 2. The van der Waals surface area contributed by atoms with Gasteiger partial charge in [0.2, 0.25) is 5.91 Å². The molecule has 0 fully saturated rings. The molecule has 3 aromatic rings. The molecule has 3 N–H and O–H groups in total. The lowest BCUT2D eigenvalue weighted by Gasteiger charge is -2.15. The van der Waals surface area contributed by atoms with Crippen LogP contribution in [0.4, 0.5) is 5.69 Å². The highest BCUT2D eigenvalue weighted by Crippen LogP contribution is 2.20. The number of hydrogen-bond acceptors (Lipinski definition) is 3. The number of nitrogens with one attached hydrogen (secondary N) is 1. The van der Waals surface area contributed by atoms with Gasteiger partial charge in [-0.15, -0.1) is 0 Å². The van der Waals surface area contributed by atoms with Crippen molar-refractivity contribution >= 4 is 22.6 Å². The first kappa shape index (κ1) is 16.1. The molecule has 0 bridgehead atoms. The van der Waals surface area contributed by atoms with Crippen LogP contribution in [0.2, 0.25) is 0 Å². The van der Waals surface area contributed by atoms with E-state index in [-0.39, 0.29) is 11.9 Å². The smallest absolute Gasteiger partial charge is 0.224 e. The standard InChI is InChI=1S/C19H22N4O/c1-3-23-17-7-5-4-6-16(17)22-19(23)13(2)21-18(24)12-14-8-10-15(20)11-9-14/h4-11,13H,3,12,20H2,1-2H3,(H,21,24). The van der Waals surface area contributed by atoms with E-state index in [1.54, 1.807) is 0 Å². The SMILES string of the molecule is CCn1c(C(C)NC(=O)Cc2ccc(N)cc2)nc2ccccc21. The maximum Gasteiger partial charge on any atom is 0.224 e. The first-order valence-electron chi connectivity index (χ1n) is 8.17. The summed E-state index contributed by atoms with van der Waals surface area (Å²) in [6.45, 7) is 4.86. The van der Waals surface area contributed by atoms with Crippen LogP contribution in [0, 0.1) is 0 Å². The van der Waals surface area contributed by atoms with Gasteiger partial charge >= 0.3 is 0 Å². The average Bonchev–Trinajstić information content (AvgIpc) is 2.95. The number of benzene rings is 2. The molecule has 0 aliphatic carbocycles. The fourth-order valence-electron chi connectivity index (χ4n) is 2.93. The summed E-state index contributed by atoms with van der Waals surface area (Å²) in [5.41, 5.74) is 9.36. The minimum Gasteiger partial charge on any atom is -0.399 e. The van der Waals surface area contributed by atoms with Gasteiger partial charge in [-0.2, -0.15) is 0 Å². The first-order valence-corrected chi connectivity index (χ1v) is 8.17. The number of nitrogen functional groups attached to an aromatic ring is 1. The molecule has 1 unspecified atom stereocenters. The van der Waals surface area contributed by atoms with Crippen molar-refractivity contribution in [3.8, 4) is 0 Å². The second kappa shape index (κ2) is 6.74. The van der Waals surface area contributed by atoms with E-state index < -0.39 is 0 Å². The molecule has 124 valence electrons. The van der Waals surface area contributed by atoms with Gasteiger partial charge in [0.1, 0.15) is 5.82 Å². The van der Waals surface area contributed by atoms with Crippen LogP contribution < -0.4 is 11.1 Å². The summed E-state index contributed by atoms with van der Waals surface area (Å²) in [5, 5.41) is 3.04. The van der Waals surface area contributed by atoms with E-state index in [0.29, 0.717) is 12.1 Å². The van der Waals surface area contributed by atoms with Gasteiger partial charge in [0, 0.05) is 12.2 Å². The van der Waals surface area contributed by atoms with Crippen LogP contribution in [0.1, 0.15) is 31.3 Å². The van der Waals surface area contributed by atoms with Gasteiger partial charge in [-0.3, -0.25) is 4.79 Å². The molecule has 0 saturated carbocycles. The van der Waals surface area contributed by atoms with E-state index in [1.807, 2.05) is 49.4 Å². The monoisotopic (exact) mass is 322 g/mol. The van der Waals surface area contributed by atoms with Crippen molar-refractivity contribution in [2.45, 2.75) is 32.9 Å². The molecule has 0 aliphatic heterocycles. The molecule has 0 spiro atoms. The number of para-hydroxylation sites is 2. The van der Waals surface area contributed by atoms with Gasteiger partial charge in [0.05, 0.1) is 23.5 Å². The van der Waals surface area contributed by atoms with Gasteiger partial charge in [-0.05, 0) is 43.7 Å². The van der Waals surface area contributed by atoms with Crippen molar-refractivity contribution in [1.29, 1.82) is 0 Å². The summed E-state index contributed by atoms with van der Waals surface area (Å²) in [6.07, 6.45) is 0.330. The summed E-state index contributed by atoms with van der Waals surface area (Å²) in [7, 11) is 0. The highest BCUT2D eigenvalue weighted by atomic mass is 16.1. The van der Waals surface area contributed by atoms with Crippen LogP contribution >= 0.6 is 0 Å². The van der Waals surface area contributed by atoms with Gasteiger partial charge < -0.3 is 15.6 Å². The van der Waals surface area contributed by atoms with Crippen molar-refractivity contribution in [2.24, 2.45) is 0 Å². The molecule has 1 heterocycles. The molecular weight excluding hydrogens is 300 g/mol. The fraction of sp³-hybridized carbons (Fsp3) is 0.263. The number of imidazole rings is 1. The lowest BCUT2D eigenvalue weighted by molar-refractivity contribution is -0.121. The minimum absolute atomic E-state index is 0.0259. The van der Waals surface area contributed by atoms with E-state index in [4.69, 9.17) is 5.73 Å². The molecule has 5 nitrogen and oxygen atoms in total. The minimum atomic E-state index is -0.154. The number of carbonyl (C=O) groups excluding carboxylic acids is 1. The van der Waals surface area contributed by atoms with Crippen molar-refractivity contribution in [1.82, 2.24) is 14.9 Å². The third-order valence-electron chi connectivity index (χ3n) is 4.11. The maximum atomic E-state index is 12.3. The van der Waals surface area contributed by atoms with Crippen LogP contribution in [0.3, 0.4) is 0 Å². The summed E-state index contributed by atoms with van der Waals surface area (Å²) < 4.78 is 2.14. The van der Waals surface area contributed by atoms with Crippen molar-refractivity contribution in [2.75, 3.05) is 5.73 Å². The molecule has 1 aromatic heterocycles. The Morgan fingerprint density at radius 2 is 1.92 bits per heavy atom. The second-order valence-corrected chi connectivity index (χ2v) is 5.91. The Hall–Kier alpha value is -2.82. The van der Waals surface area contributed by atoms with Crippen molar-refractivity contribution in [3.05, 3.63) is 59.9 Å². The van der Waals surface area contributed by atoms with Crippen LogP contribution in [0.15, 0.2) is 48.5 Å². The van der Waals surface area contributed by atoms with Gasteiger partial charge in [-0.1, -0.05) is 24.3 Å². The van der Waals surface area contributed by atoms with E-state index in [1.165, 1.54) is 0 Å². The third-order valence-corrected chi connectivity index (χ3v) is 4.11. The number of aromatic nitrogens is 2. The summed E-state index contributed by atoms with van der Waals surface area (Å²) >= 11 is 0. The zero-order valence-electron chi connectivity index (χ0n) is 14.0. The Morgan fingerprint density at radius 3 is 2.62 bits per heavy atom. The Labute approximate surface area is 141 Å². The van der Waals surface area contributed by atoms with Crippen LogP contribution in [0.25, 0.3) is 11.0 Å². The summed E-state index contributed by atoms with van der Waals surface area (Å²) in [4.78, 5) is 17.0. The molecule has 3 rings (SSSR count). The van der Waals surface area contributed by atoms with E-state index in [0.717, 1.165) is 29.0 Å². The number of hydrogen-bond donors (Lipinski definition) is 2. The topological polar surface area (TPSA) is 72.9 Å². The number of rotatable bonds is 5. The van der Waals surface area contributed by atoms with Crippen LogP contribution in [-0.2, 0) is 17.8 Å². The van der Waals surface area contributed by atoms with E-state index in [2.05, 4.69) is 27.9 Å². The van der Waals surface area contributed by atoms with Gasteiger partial charge in [-0.25, -0.2) is 4.98 Å². The lowest BCUT2D eigenvalue weighted by Crippen LogP contribution is -2.30. The Balaban J connectivity index is 1.75. The number of nitrogens with two attached hydrogens (primary N) is 1. The average molecular weight is 322 g/mol. The molecular formula is C19H22N4O. The third kappa shape index (κ3) is 3.25. The number of carbonyl (C=O) groups is 1. The van der Waals surface area contributed by atoms with Gasteiger partial charge in [0.25, 0.3) is 0 Å². The molecule has 2 aromatic carbocycles. The number of fused-ring (bicyclic) bond motifs is 1. The van der Waals surface area contributed by atoms with E-state index >= 15 is 0 Å². The molecule has 1 amide bonds. The largest absolute Gasteiger partial charge is 0.399 e. The molecule has 1 atom stereocenters. The quantitative estimate of drug-likeness (QED) is 0.709. The summed E-state index contributed by atoms with van der Waals surface area (Å²) in [5.74, 6) is 0.853. The molecule has 24 heavy (non-hydrogen) atoms. The Morgan fingerprint density at radius 1 is 1.21 bits per heavy atom. The number of amides is 1. The lowest BCUT2D eigenvalue weighted by atomic mass is 10.1. The Kier molecular flexibility index (Phi) is 4.51. The zero-order valence-corrected chi connectivity index (χ0v) is 14.0. The maximum absolute atomic E-state index is 12.3. The predicted octanol–water partition coefficient (Wildman–Crippen LogP) is 3.06. The molecule has 5 heteroatoms. The normalized spacial score (nSPS) is 12.2. The van der Waals surface area contributed by atoms with E-state index in [9.17, 15) is 4.79 Å². The molecule has 0 saturated heterocycles.